The van der Waals surface area contributed by atoms with Crippen LogP contribution in [-0.2, 0) is 0 Å². The Bertz CT molecular complexity index is 284. The van der Waals surface area contributed by atoms with E-state index in [2.05, 4.69) is 4.98 Å². The maximum absolute atomic E-state index is 8.56. The lowest BCUT2D eigenvalue weighted by Crippen LogP contribution is -1.86. The van der Waals surface area contributed by atoms with Crippen LogP contribution in [0.15, 0.2) is 24.4 Å². The largest absolute Gasteiger partial charge is 0.481 e. The predicted octanol–water partition coefficient (Wildman–Crippen LogP) is 1.49. The van der Waals surface area contributed by atoms with E-state index in [1.165, 1.54) is 0 Å². The lowest BCUT2D eigenvalue weighted by molar-refractivity contribution is 0.303. The zero-order valence-electron chi connectivity index (χ0n) is 7.60. The number of aliphatic hydroxyl groups is 1. The van der Waals surface area contributed by atoms with Gasteiger partial charge in [0.2, 0.25) is 5.88 Å². The number of nitrogens with zero attached hydrogens (tertiary/aromatic N) is 1. The molecule has 1 rings (SSSR count). The zero-order valence-corrected chi connectivity index (χ0v) is 7.60. The lowest BCUT2D eigenvalue weighted by atomic mass is 10.2. The molecule has 0 atom stereocenters. The maximum atomic E-state index is 8.56. The van der Waals surface area contributed by atoms with E-state index < -0.39 is 0 Å². The fourth-order valence-corrected chi connectivity index (χ4v) is 0.934. The first-order valence-electron chi connectivity index (χ1n) is 4.14. The van der Waals surface area contributed by atoms with Gasteiger partial charge in [-0.2, -0.15) is 0 Å². The molecule has 0 aliphatic rings. The monoisotopic (exact) mass is 179 g/mol. The van der Waals surface area contributed by atoms with Gasteiger partial charge in [0, 0.05) is 18.9 Å². The Kier molecular flexibility index (Phi) is 3.99. The first-order chi connectivity index (χ1) is 6.36. The van der Waals surface area contributed by atoms with Gasteiger partial charge >= 0.3 is 0 Å². The van der Waals surface area contributed by atoms with Gasteiger partial charge in [-0.1, -0.05) is 12.2 Å². The number of hydrogen-bond acceptors (Lipinski definition) is 3. The molecular formula is C10H13NO2. The van der Waals surface area contributed by atoms with Crippen LogP contribution >= 0.6 is 0 Å². The van der Waals surface area contributed by atoms with Crippen molar-refractivity contribution < 1.29 is 9.84 Å². The number of hydrogen-bond donors (Lipinski definition) is 1. The second-order valence-corrected chi connectivity index (χ2v) is 2.55. The predicted molar refractivity (Wildman–Crippen MR) is 51.5 cm³/mol. The molecule has 1 heterocycles. The summed E-state index contributed by atoms with van der Waals surface area (Å²) in [7, 11) is 1.59. The molecule has 0 spiro atoms. The normalized spacial score (nSPS) is 10.6. The van der Waals surface area contributed by atoms with Crippen molar-refractivity contribution in [3.63, 3.8) is 0 Å². The molecule has 0 unspecified atom stereocenters. The molecular weight excluding hydrogens is 166 g/mol. The Labute approximate surface area is 77.7 Å². The minimum Gasteiger partial charge on any atom is -0.481 e. The average Bonchev–Trinajstić information content (AvgIpc) is 2.19. The van der Waals surface area contributed by atoms with E-state index >= 15 is 0 Å². The summed E-state index contributed by atoms with van der Waals surface area (Å²) in [6, 6.07) is 3.73. The molecule has 1 aromatic rings. The van der Waals surface area contributed by atoms with Gasteiger partial charge < -0.3 is 9.84 Å². The van der Waals surface area contributed by atoms with Crippen LogP contribution in [0, 0.1) is 0 Å². The number of aliphatic hydroxyl groups excluding tert-OH is 1. The van der Waals surface area contributed by atoms with Gasteiger partial charge in [-0.3, -0.25) is 0 Å². The molecule has 0 saturated heterocycles. The van der Waals surface area contributed by atoms with Crippen molar-refractivity contribution in [2.45, 2.75) is 6.42 Å². The van der Waals surface area contributed by atoms with Crippen LogP contribution in [0.25, 0.3) is 6.08 Å². The maximum Gasteiger partial charge on any atom is 0.213 e. The molecule has 1 aromatic heterocycles. The third kappa shape index (κ3) is 3.25. The van der Waals surface area contributed by atoms with Gasteiger partial charge in [-0.15, -0.1) is 0 Å². The van der Waals surface area contributed by atoms with E-state index in [0.717, 1.165) is 5.56 Å². The van der Waals surface area contributed by atoms with E-state index in [9.17, 15) is 0 Å². The van der Waals surface area contributed by atoms with E-state index in [4.69, 9.17) is 9.84 Å². The van der Waals surface area contributed by atoms with Crippen molar-refractivity contribution in [1.29, 1.82) is 0 Å². The van der Waals surface area contributed by atoms with Crippen LogP contribution in [0.2, 0.25) is 0 Å². The minimum atomic E-state index is 0.179. The zero-order chi connectivity index (χ0) is 9.52. The molecule has 13 heavy (non-hydrogen) atoms. The van der Waals surface area contributed by atoms with Crippen molar-refractivity contribution in [3.05, 3.63) is 30.0 Å². The number of pyridine rings is 1. The fraction of sp³-hybridized carbons (Fsp3) is 0.300. The number of methoxy groups -OCH3 is 1. The van der Waals surface area contributed by atoms with Crippen molar-refractivity contribution in [2.75, 3.05) is 13.7 Å². The molecule has 70 valence electrons. The van der Waals surface area contributed by atoms with Crippen LogP contribution in [0.4, 0.5) is 0 Å². The Hall–Kier alpha value is -1.35. The summed E-state index contributed by atoms with van der Waals surface area (Å²) in [5, 5.41) is 8.56. The summed E-state index contributed by atoms with van der Waals surface area (Å²) in [4.78, 5) is 3.98. The highest BCUT2D eigenvalue weighted by atomic mass is 16.5. The summed E-state index contributed by atoms with van der Waals surface area (Å²) >= 11 is 0. The molecule has 0 saturated carbocycles. The standard InChI is InChI=1S/C10H13NO2/c1-13-10-8-9(5-6-11-10)4-2-3-7-12/h2,4-6,8,12H,3,7H2,1H3. The van der Waals surface area contributed by atoms with Crippen LogP contribution in [0.3, 0.4) is 0 Å². The Morgan fingerprint density at radius 2 is 2.46 bits per heavy atom. The summed E-state index contributed by atoms with van der Waals surface area (Å²) < 4.78 is 4.97. The SMILES string of the molecule is COc1cc(C=CCCO)ccn1. The molecule has 0 amide bonds. The summed E-state index contributed by atoms with van der Waals surface area (Å²) in [6.07, 6.45) is 6.21. The average molecular weight is 179 g/mol. The fourth-order valence-electron chi connectivity index (χ4n) is 0.934. The van der Waals surface area contributed by atoms with Gasteiger partial charge in [0.1, 0.15) is 0 Å². The van der Waals surface area contributed by atoms with Gasteiger partial charge in [-0.25, -0.2) is 4.98 Å². The molecule has 0 aromatic carbocycles. The molecule has 0 radical (unpaired) electrons. The van der Waals surface area contributed by atoms with Gasteiger partial charge in [0.05, 0.1) is 7.11 Å². The molecule has 0 aliphatic heterocycles. The molecule has 0 aliphatic carbocycles. The highest BCUT2D eigenvalue weighted by molar-refractivity contribution is 5.49. The van der Waals surface area contributed by atoms with Gasteiger partial charge in [0.15, 0.2) is 0 Å². The number of rotatable bonds is 4. The smallest absolute Gasteiger partial charge is 0.213 e. The third-order valence-corrected chi connectivity index (χ3v) is 1.57. The second-order valence-electron chi connectivity index (χ2n) is 2.55. The molecule has 0 fully saturated rings. The quantitative estimate of drug-likeness (QED) is 0.761. The Balaban J connectivity index is 2.66. The van der Waals surface area contributed by atoms with Gasteiger partial charge in [0.25, 0.3) is 0 Å². The van der Waals surface area contributed by atoms with Crippen molar-refractivity contribution in [3.8, 4) is 5.88 Å². The third-order valence-electron chi connectivity index (χ3n) is 1.57. The first-order valence-corrected chi connectivity index (χ1v) is 4.14. The van der Waals surface area contributed by atoms with E-state index in [1.807, 2.05) is 24.3 Å². The summed E-state index contributed by atoms with van der Waals surface area (Å²) in [5.74, 6) is 0.603. The van der Waals surface area contributed by atoms with Crippen molar-refractivity contribution >= 4 is 6.08 Å². The Morgan fingerprint density at radius 3 is 3.15 bits per heavy atom. The minimum absolute atomic E-state index is 0.179. The first kappa shape index (κ1) is 9.74. The number of ether oxygens (including phenoxy) is 1. The molecule has 3 heteroatoms. The number of aromatic nitrogens is 1. The highest BCUT2D eigenvalue weighted by Crippen LogP contribution is 2.09. The van der Waals surface area contributed by atoms with Crippen LogP contribution < -0.4 is 4.74 Å². The molecule has 0 bridgehead atoms. The van der Waals surface area contributed by atoms with Crippen LogP contribution in [0.5, 0.6) is 5.88 Å². The van der Waals surface area contributed by atoms with Crippen molar-refractivity contribution in [1.82, 2.24) is 4.98 Å². The van der Waals surface area contributed by atoms with E-state index in [-0.39, 0.29) is 6.61 Å². The van der Waals surface area contributed by atoms with Gasteiger partial charge in [-0.05, 0) is 18.1 Å². The summed E-state index contributed by atoms with van der Waals surface area (Å²) in [6.45, 7) is 0.179. The topological polar surface area (TPSA) is 42.4 Å². The lowest BCUT2D eigenvalue weighted by Gasteiger charge is -1.98. The summed E-state index contributed by atoms with van der Waals surface area (Å²) in [5.41, 5.74) is 1.03. The van der Waals surface area contributed by atoms with E-state index in [0.29, 0.717) is 12.3 Å². The molecule has 1 N–H and O–H groups in total. The molecule has 3 nitrogen and oxygen atoms in total. The van der Waals surface area contributed by atoms with Crippen molar-refractivity contribution in [2.24, 2.45) is 0 Å². The Morgan fingerprint density at radius 1 is 1.62 bits per heavy atom. The highest BCUT2D eigenvalue weighted by Gasteiger charge is 1.91. The second kappa shape index (κ2) is 5.32. The van der Waals surface area contributed by atoms with Crippen LogP contribution in [-0.4, -0.2) is 23.8 Å². The van der Waals surface area contributed by atoms with Crippen LogP contribution in [0.1, 0.15) is 12.0 Å². The van der Waals surface area contributed by atoms with E-state index in [1.54, 1.807) is 13.3 Å².